The molecule has 0 saturated carbocycles. The van der Waals surface area contributed by atoms with Gasteiger partial charge in [0.2, 0.25) is 11.8 Å². The molecule has 0 N–H and O–H groups in total. The zero-order valence-corrected chi connectivity index (χ0v) is 16.8. The number of benzene rings is 2. The molecular weight excluding hydrogens is 352 g/mol. The fraction of sp³-hybridized carbons (Fsp3) is 0.391. The van der Waals surface area contributed by atoms with Gasteiger partial charge >= 0.3 is 0 Å². The highest BCUT2D eigenvalue weighted by Crippen LogP contribution is 2.38. The quantitative estimate of drug-likeness (QED) is 0.773. The maximum Gasteiger partial charge on any atom is 0.228 e. The molecule has 1 aliphatic rings. The minimum Gasteiger partial charge on any atom is -0.496 e. The van der Waals surface area contributed by atoms with E-state index in [4.69, 9.17) is 4.74 Å². The van der Waals surface area contributed by atoms with Crippen LogP contribution >= 0.6 is 0 Å². The Hall–Kier alpha value is -2.82. The fourth-order valence-electron chi connectivity index (χ4n) is 3.99. The fourth-order valence-corrected chi connectivity index (χ4v) is 3.99. The number of hydrogen-bond acceptors (Lipinski definition) is 3. The van der Waals surface area contributed by atoms with E-state index in [1.807, 2.05) is 73.5 Å². The number of para-hydroxylation sites is 1. The third kappa shape index (κ3) is 4.19. The van der Waals surface area contributed by atoms with Gasteiger partial charge in [-0.3, -0.25) is 9.59 Å². The Morgan fingerprint density at radius 3 is 2.43 bits per heavy atom. The SMILES string of the molecule is CCC(=O)N1CC(C(=O)N(C)Cc2ccccc2)C(c2ccccc2OC)C1. The third-order valence-electron chi connectivity index (χ3n) is 5.47. The molecule has 1 heterocycles. The van der Waals surface area contributed by atoms with Crippen molar-refractivity contribution in [2.24, 2.45) is 5.92 Å². The third-order valence-corrected chi connectivity index (χ3v) is 5.47. The predicted octanol–water partition coefficient (Wildman–Crippen LogP) is 3.31. The van der Waals surface area contributed by atoms with Crippen molar-refractivity contribution in [3.63, 3.8) is 0 Å². The van der Waals surface area contributed by atoms with Crippen molar-refractivity contribution in [2.75, 3.05) is 27.2 Å². The lowest BCUT2D eigenvalue weighted by atomic mass is 9.87. The summed E-state index contributed by atoms with van der Waals surface area (Å²) in [7, 11) is 3.47. The van der Waals surface area contributed by atoms with Gasteiger partial charge < -0.3 is 14.5 Å². The number of rotatable bonds is 6. The van der Waals surface area contributed by atoms with Gasteiger partial charge in [0.15, 0.2) is 0 Å². The van der Waals surface area contributed by atoms with Crippen LogP contribution in [0.4, 0.5) is 0 Å². The largest absolute Gasteiger partial charge is 0.496 e. The molecule has 148 valence electrons. The van der Waals surface area contributed by atoms with Crippen molar-refractivity contribution in [2.45, 2.75) is 25.8 Å². The zero-order chi connectivity index (χ0) is 20.1. The Morgan fingerprint density at radius 1 is 1.07 bits per heavy atom. The lowest BCUT2D eigenvalue weighted by molar-refractivity contribution is -0.135. The van der Waals surface area contributed by atoms with Crippen LogP contribution in [0.1, 0.15) is 30.4 Å². The maximum absolute atomic E-state index is 13.3. The van der Waals surface area contributed by atoms with Crippen molar-refractivity contribution in [3.05, 3.63) is 65.7 Å². The van der Waals surface area contributed by atoms with E-state index in [9.17, 15) is 9.59 Å². The molecule has 0 radical (unpaired) electrons. The monoisotopic (exact) mass is 380 g/mol. The molecule has 0 bridgehead atoms. The Bertz CT molecular complexity index is 822. The average Bonchev–Trinajstić information content (AvgIpc) is 3.18. The van der Waals surface area contributed by atoms with Gasteiger partial charge in [-0.2, -0.15) is 0 Å². The number of methoxy groups -OCH3 is 1. The number of amides is 2. The van der Waals surface area contributed by atoms with Crippen LogP contribution in [-0.4, -0.2) is 48.9 Å². The molecule has 2 aromatic carbocycles. The molecule has 0 aliphatic carbocycles. The van der Waals surface area contributed by atoms with Gasteiger partial charge in [0.05, 0.1) is 13.0 Å². The van der Waals surface area contributed by atoms with E-state index in [0.717, 1.165) is 16.9 Å². The van der Waals surface area contributed by atoms with Crippen molar-refractivity contribution >= 4 is 11.8 Å². The summed E-state index contributed by atoms with van der Waals surface area (Å²) in [6.07, 6.45) is 0.444. The summed E-state index contributed by atoms with van der Waals surface area (Å²) >= 11 is 0. The van der Waals surface area contributed by atoms with Crippen LogP contribution in [0, 0.1) is 5.92 Å². The molecule has 2 unspecified atom stereocenters. The molecule has 0 aromatic heterocycles. The first-order valence-electron chi connectivity index (χ1n) is 9.74. The van der Waals surface area contributed by atoms with E-state index in [2.05, 4.69) is 0 Å². The minimum atomic E-state index is -0.277. The van der Waals surface area contributed by atoms with Gasteiger partial charge in [0, 0.05) is 39.0 Å². The molecule has 1 saturated heterocycles. The van der Waals surface area contributed by atoms with Gasteiger partial charge in [-0.05, 0) is 17.2 Å². The Balaban J connectivity index is 1.86. The number of carbonyl (C=O) groups excluding carboxylic acids is 2. The molecule has 0 spiro atoms. The molecule has 5 nitrogen and oxygen atoms in total. The van der Waals surface area contributed by atoms with Crippen LogP contribution in [0.5, 0.6) is 5.75 Å². The predicted molar refractivity (Wildman–Crippen MR) is 109 cm³/mol. The summed E-state index contributed by atoms with van der Waals surface area (Å²) in [6, 6.07) is 17.7. The Kier molecular flexibility index (Phi) is 6.34. The molecule has 3 rings (SSSR count). The normalized spacial score (nSPS) is 18.8. The molecule has 5 heteroatoms. The van der Waals surface area contributed by atoms with Crippen LogP contribution in [0.3, 0.4) is 0 Å². The lowest BCUT2D eigenvalue weighted by Crippen LogP contribution is -2.36. The Labute approximate surface area is 166 Å². The number of nitrogens with zero attached hydrogens (tertiary/aromatic N) is 2. The van der Waals surface area contributed by atoms with E-state index in [-0.39, 0.29) is 23.7 Å². The van der Waals surface area contributed by atoms with Gasteiger partial charge in [0.25, 0.3) is 0 Å². The van der Waals surface area contributed by atoms with Crippen LogP contribution in [-0.2, 0) is 16.1 Å². The van der Waals surface area contributed by atoms with Gasteiger partial charge in [-0.15, -0.1) is 0 Å². The summed E-state index contributed by atoms with van der Waals surface area (Å²) < 4.78 is 5.54. The molecule has 2 aromatic rings. The first kappa shape index (κ1) is 19.9. The minimum absolute atomic E-state index is 0.0613. The van der Waals surface area contributed by atoms with Gasteiger partial charge in [-0.1, -0.05) is 55.5 Å². The number of hydrogen-bond donors (Lipinski definition) is 0. The number of ether oxygens (including phenoxy) is 1. The van der Waals surface area contributed by atoms with Crippen molar-refractivity contribution in [3.8, 4) is 5.75 Å². The average molecular weight is 380 g/mol. The van der Waals surface area contributed by atoms with E-state index < -0.39 is 0 Å². The summed E-state index contributed by atoms with van der Waals surface area (Å²) in [5, 5.41) is 0. The van der Waals surface area contributed by atoms with Crippen LogP contribution in [0.25, 0.3) is 0 Å². The number of likely N-dealkylation sites (tertiary alicyclic amines) is 1. The Morgan fingerprint density at radius 2 is 1.75 bits per heavy atom. The maximum atomic E-state index is 13.3. The number of carbonyl (C=O) groups is 2. The van der Waals surface area contributed by atoms with E-state index in [0.29, 0.717) is 26.1 Å². The standard InChI is InChI=1S/C23H28N2O3/c1-4-22(26)25-15-19(18-12-8-9-13-21(18)28-3)20(16-25)23(27)24(2)14-17-10-6-5-7-11-17/h5-13,19-20H,4,14-16H2,1-3H3. The molecule has 2 atom stereocenters. The summed E-state index contributed by atoms with van der Waals surface area (Å²) in [5.41, 5.74) is 2.08. The van der Waals surface area contributed by atoms with Crippen molar-refractivity contribution in [1.82, 2.24) is 9.80 Å². The van der Waals surface area contributed by atoms with E-state index >= 15 is 0 Å². The van der Waals surface area contributed by atoms with Crippen LogP contribution in [0.2, 0.25) is 0 Å². The molecular formula is C23H28N2O3. The highest BCUT2D eigenvalue weighted by molar-refractivity contribution is 5.83. The zero-order valence-electron chi connectivity index (χ0n) is 16.8. The lowest BCUT2D eigenvalue weighted by Gasteiger charge is -2.25. The second-order valence-corrected chi connectivity index (χ2v) is 7.29. The highest BCUT2D eigenvalue weighted by atomic mass is 16.5. The van der Waals surface area contributed by atoms with Gasteiger partial charge in [-0.25, -0.2) is 0 Å². The molecule has 2 amide bonds. The topological polar surface area (TPSA) is 49.9 Å². The smallest absolute Gasteiger partial charge is 0.228 e. The molecule has 1 fully saturated rings. The van der Waals surface area contributed by atoms with E-state index in [1.54, 1.807) is 12.0 Å². The molecule has 1 aliphatic heterocycles. The summed E-state index contributed by atoms with van der Waals surface area (Å²) in [4.78, 5) is 29.3. The van der Waals surface area contributed by atoms with Crippen molar-refractivity contribution < 1.29 is 14.3 Å². The van der Waals surface area contributed by atoms with E-state index in [1.165, 1.54) is 0 Å². The second kappa shape index (κ2) is 8.91. The molecule has 28 heavy (non-hydrogen) atoms. The first-order chi connectivity index (χ1) is 13.5. The van der Waals surface area contributed by atoms with Crippen LogP contribution < -0.4 is 4.74 Å². The summed E-state index contributed by atoms with van der Waals surface area (Å²) in [5.74, 6) is 0.562. The van der Waals surface area contributed by atoms with Crippen molar-refractivity contribution in [1.29, 1.82) is 0 Å². The first-order valence-corrected chi connectivity index (χ1v) is 9.74. The second-order valence-electron chi connectivity index (χ2n) is 7.29. The van der Waals surface area contributed by atoms with Crippen LogP contribution in [0.15, 0.2) is 54.6 Å². The van der Waals surface area contributed by atoms with Gasteiger partial charge in [0.1, 0.15) is 5.75 Å². The highest BCUT2D eigenvalue weighted by Gasteiger charge is 2.42. The summed E-state index contributed by atoms with van der Waals surface area (Å²) in [6.45, 7) is 3.41.